The van der Waals surface area contributed by atoms with Gasteiger partial charge in [-0.3, -0.25) is 18.7 Å². The Hall–Kier alpha value is -6.68. The highest BCUT2D eigenvalue weighted by molar-refractivity contribution is 7.67. The molecule has 2 aliphatic rings. The van der Waals surface area contributed by atoms with Crippen molar-refractivity contribution in [2.24, 2.45) is 0 Å². The highest BCUT2D eigenvalue weighted by atomic mass is 31.2. The van der Waals surface area contributed by atoms with Crippen molar-refractivity contribution in [2.45, 2.75) is 5.41 Å². The van der Waals surface area contributed by atoms with Gasteiger partial charge in [0.1, 0.15) is 0 Å². The first-order valence-electron chi connectivity index (χ1n) is 18.3. The second-order valence-corrected chi connectivity index (χ2v) is 16.2. The van der Waals surface area contributed by atoms with E-state index in [-0.39, 0.29) is 0 Å². The van der Waals surface area contributed by atoms with Crippen molar-refractivity contribution in [3.63, 3.8) is 0 Å². The standard InChI is InChI=1S/C48H33N4OP/c53-54(50(36-21-9-3-10-22-36)45-27-15-16-28-46(45)51(54)37-23-11-4-12-24-37)52-44-29-30-49-33-41(44)40-31-39-38-25-13-14-26-42(38)48(43(39)32-47(40)52,34-17-5-1-6-18-34)35-19-7-2-8-20-35/h1-33H. The van der Waals surface area contributed by atoms with E-state index in [1.165, 1.54) is 27.8 Å². The summed E-state index contributed by atoms with van der Waals surface area (Å²) in [7, 11) is -3.84. The van der Waals surface area contributed by atoms with Crippen LogP contribution in [0.5, 0.6) is 0 Å². The van der Waals surface area contributed by atoms with Crippen molar-refractivity contribution < 1.29 is 4.57 Å². The minimum Gasteiger partial charge on any atom is -0.264 e. The fourth-order valence-corrected chi connectivity index (χ4v) is 12.4. The summed E-state index contributed by atoms with van der Waals surface area (Å²) in [4.78, 5) is 4.65. The quantitative estimate of drug-likeness (QED) is 0.167. The summed E-state index contributed by atoms with van der Waals surface area (Å²) in [5.41, 5.74) is 11.7. The maximum atomic E-state index is 17.2. The molecule has 11 rings (SSSR count). The Balaban J connectivity index is 1.31. The van der Waals surface area contributed by atoms with Crippen molar-refractivity contribution in [3.05, 3.63) is 223 Å². The maximum absolute atomic E-state index is 17.2. The fraction of sp³-hybridized carbons (Fsp3) is 0.0208. The van der Waals surface area contributed by atoms with Gasteiger partial charge in [0.05, 0.1) is 39.2 Å². The monoisotopic (exact) mass is 712 g/mol. The number of anilines is 4. The second-order valence-electron chi connectivity index (χ2n) is 13.9. The van der Waals surface area contributed by atoms with Crippen LogP contribution in [-0.2, 0) is 9.98 Å². The smallest absolute Gasteiger partial charge is 0.264 e. The van der Waals surface area contributed by atoms with Gasteiger partial charge in [-0.25, -0.2) is 4.57 Å². The molecule has 0 atom stereocenters. The average Bonchev–Trinajstić information content (AvgIpc) is 3.82. The average molecular weight is 713 g/mol. The molecule has 9 aromatic rings. The van der Waals surface area contributed by atoms with Gasteiger partial charge >= 0.3 is 7.59 Å². The summed E-state index contributed by atoms with van der Waals surface area (Å²) in [5.74, 6) is 0. The number of rotatable bonds is 5. The highest BCUT2D eigenvalue weighted by Gasteiger charge is 2.52. The Kier molecular flexibility index (Phi) is 6.67. The van der Waals surface area contributed by atoms with Crippen LogP contribution in [0.4, 0.5) is 22.7 Å². The number of para-hydroxylation sites is 4. The van der Waals surface area contributed by atoms with Gasteiger partial charge in [0.25, 0.3) is 0 Å². The topological polar surface area (TPSA) is 41.4 Å². The van der Waals surface area contributed by atoms with E-state index in [1.807, 2.05) is 67.0 Å². The molecule has 0 spiro atoms. The van der Waals surface area contributed by atoms with Crippen LogP contribution in [-0.4, -0.2) is 9.32 Å². The summed E-state index contributed by atoms with van der Waals surface area (Å²) in [6.45, 7) is 0. The lowest BCUT2D eigenvalue weighted by Gasteiger charge is -2.35. The lowest BCUT2D eigenvalue weighted by atomic mass is 9.67. The number of hydrogen-bond donors (Lipinski definition) is 0. The third-order valence-electron chi connectivity index (χ3n) is 11.2. The SMILES string of the molecule is O=P1(n2c3ccncc3c3cc4c(cc32)C(c2ccccc2)(c2ccccc2)c2ccccc2-4)N(c2ccccc2)c2ccccc2N1c1ccccc1. The van der Waals surface area contributed by atoms with Crippen LogP contribution in [0.25, 0.3) is 32.9 Å². The molecular formula is C48H33N4OP. The number of aromatic nitrogens is 2. The molecule has 6 heteroatoms. The summed E-state index contributed by atoms with van der Waals surface area (Å²) in [6.07, 6.45) is 3.74. The van der Waals surface area contributed by atoms with Crippen LogP contribution in [0, 0.1) is 0 Å². The van der Waals surface area contributed by atoms with Crippen LogP contribution < -0.4 is 9.34 Å². The molecule has 0 amide bonds. The van der Waals surface area contributed by atoms with Crippen molar-refractivity contribution in [3.8, 4) is 11.1 Å². The lowest BCUT2D eigenvalue weighted by molar-refractivity contribution is 0.572. The van der Waals surface area contributed by atoms with Gasteiger partial charge in [-0.15, -0.1) is 0 Å². The number of fused-ring (bicyclic) bond motifs is 7. The number of benzene rings is 7. The maximum Gasteiger partial charge on any atom is 0.374 e. The number of pyridine rings is 1. The Morgan fingerprint density at radius 2 is 0.981 bits per heavy atom. The molecule has 0 saturated heterocycles. The first-order chi connectivity index (χ1) is 26.7. The van der Waals surface area contributed by atoms with E-state index in [9.17, 15) is 0 Å². The van der Waals surface area contributed by atoms with E-state index in [2.05, 4.69) is 152 Å². The number of nitrogens with zero attached hydrogens (tertiary/aromatic N) is 4. The van der Waals surface area contributed by atoms with E-state index < -0.39 is 13.0 Å². The fourth-order valence-electron chi connectivity index (χ4n) is 9.15. The zero-order valence-corrected chi connectivity index (χ0v) is 30.1. The van der Waals surface area contributed by atoms with Crippen LogP contribution in [0.2, 0.25) is 0 Å². The van der Waals surface area contributed by atoms with Gasteiger partial charge in [-0.05, 0) is 88.0 Å². The molecule has 0 unspecified atom stereocenters. The van der Waals surface area contributed by atoms with Gasteiger partial charge in [0, 0.05) is 23.2 Å². The zero-order chi connectivity index (χ0) is 35.9. The van der Waals surface area contributed by atoms with Crippen LogP contribution in [0.15, 0.2) is 200 Å². The third-order valence-corrected chi connectivity index (χ3v) is 14.1. The molecule has 2 aromatic heterocycles. The van der Waals surface area contributed by atoms with Crippen molar-refractivity contribution in [1.82, 2.24) is 9.32 Å². The minimum atomic E-state index is -3.84. The number of hydrogen-bond acceptors (Lipinski definition) is 2. The molecule has 0 fully saturated rings. The Labute approximate surface area is 313 Å². The zero-order valence-electron chi connectivity index (χ0n) is 29.2. The second kappa shape index (κ2) is 11.7. The van der Waals surface area contributed by atoms with Crippen molar-refractivity contribution in [2.75, 3.05) is 9.34 Å². The normalized spacial score (nSPS) is 15.0. The molecule has 7 aromatic carbocycles. The molecule has 1 aliphatic carbocycles. The molecule has 54 heavy (non-hydrogen) atoms. The predicted octanol–water partition coefficient (Wildman–Crippen LogP) is 12.5. The summed E-state index contributed by atoms with van der Waals surface area (Å²) in [6, 6.07) is 65.6. The first-order valence-corrected chi connectivity index (χ1v) is 19.8. The van der Waals surface area contributed by atoms with E-state index >= 15 is 4.57 Å². The molecular weight excluding hydrogens is 680 g/mol. The lowest BCUT2D eigenvalue weighted by Crippen LogP contribution is -2.28. The van der Waals surface area contributed by atoms with E-state index in [4.69, 9.17) is 0 Å². The van der Waals surface area contributed by atoms with E-state index in [0.717, 1.165) is 50.1 Å². The first kappa shape index (κ1) is 30.9. The van der Waals surface area contributed by atoms with Crippen molar-refractivity contribution >= 4 is 52.1 Å². The highest BCUT2D eigenvalue weighted by Crippen LogP contribution is 2.73. The predicted molar refractivity (Wildman–Crippen MR) is 221 cm³/mol. The van der Waals surface area contributed by atoms with Crippen LogP contribution >= 0.6 is 7.59 Å². The molecule has 256 valence electrons. The minimum absolute atomic E-state index is 0.618. The van der Waals surface area contributed by atoms with Gasteiger partial charge in [0.2, 0.25) is 0 Å². The van der Waals surface area contributed by atoms with Crippen LogP contribution in [0.3, 0.4) is 0 Å². The molecule has 1 aliphatic heterocycles. The Morgan fingerprint density at radius 1 is 0.463 bits per heavy atom. The van der Waals surface area contributed by atoms with Gasteiger partial charge in [0.15, 0.2) is 0 Å². The van der Waals surface area contributed by atoms with Crippen molar-refractivity contribution in [1.29, 1.82) is 0 Å². The molecule has 5 nitrogen and oxygen atoms in total. The Bertz CT molecular complexity index is 2820. The molecule has 0 bridgehead atoms. The van der Waals surface area contributed by atoms with E-state index in [1.54, 1.807) is 0 Å². The van der Waals surface area contributed by atoms with Crippen LogP contribution in [0.1, 0.15) is 22.3 Å². The molecule has 0 radical (unpaired) electrons. The molecule has 0 saturated carbocycles. The summed E-state index contributed by atoms with van der Waals surface area (Å²) in [5, 5.41) is 1.97. The van der Waals surface area contributed by atoms with Gasteiger partial charge in [-0.1, -0.05) is 133 Å². The Morgan fingerprint density at radius 3 is 1.57 bits per heavy atom. The molecule has 0 N–H and O–H groups in total. The molecule has 3 heterocycles. The van der Waals surface area contributed by atoms with Gasteiger partial charge < -0.3 is 0 Å². The largest absolute Gasteiger partial charge is 0.374 e. The third kappa shape index (κ3) is 4.05. The van der Waals surface area contributed by atoms with E-state index in [0.29, 0.717) is 0 Å². The van der Waals surface area contributed by atoms with Gasteiger partial charge in [-0.2, -0.15) is 0 Å². The summed E-state index contributed by atoms with van der Waals surface area (Å²) >= 11 is 0. The summed E-state index contributed by atoms with van der Waals surface area (Å²) < 4.78 is 23.5.